The number of hydrogen-bond acceptors (Lipinski definition) is 1. The molecule has 0 bridgehead atoms. The van der Waals surface area contributed by atoms with Gasteiger partial charge in [0.2, 0.25) is 0 Å². The zero-order valence-electron chi connectivity index (χ0n) is 8.02. The van der Waals surface area contributed by atoms with Crippen LogP contribution in [0.15, 0.2) is 25.3 Å². The maximum Gasteiger partial charge on any atom is -0.0215 e. The lowest BCUT2D eigenvalue weighted by atomic mass is 10.8. The monoisotopic (exact) mass is 162 g/mol. The first kappa shape index (κ1) is 22.5. The molecule has 10 heavy (non-hydrogen) atoms. The molecule has 0 heterocycles. The molecule has 0 nitrogen and oxygen atoms in total. The van der Waals surface area contributed by atoms with Gasteiger partial charge in [-0.15, -0.1) is 13.2 Å². The summed E-state index contributed by atoms with van der Waals surface area (Å²) in [6.07, 6.45) is 5.19. The highest BCUT2D eigenvalue weighted by Crippen LogP contribution is 1.38. The van der Waals surface area contributed by atoms with E-state index in [-0.39, 0.29) is 0 Å². The molecule has 0 aromatic heterocycles. The molecule has 0 saturated carbocycles. The fourth-order valence-electron chi connectivity index (χ4n) is 0. The van der Waals surface area contributed by atoms with E-state index in [9.17, 15) is 0 Å². The van der Waals surface area contributed by atoms with Gasteiger partial charge in [-0.05, 0) is 20.1 Å². The Kier molecular flexibility index (Phi) is 365. The Balaban J connectivity index is -0.0000000246. The van der Waals surface area contributed by atoms with E-state index in [1.807, 2.05) is 27.7 Å². The number of allylic oxidation sites excluding steroid dienone is 2. The lowest BCUT2D eigenvalue weighted by molar-refractivity contribution is 1.50. The molecule has 0 saturated heterocycles. The third-order valence-electron chi connectivity index (χ3n) is 0. The zero-order chi connectivity index (χ0) is 9.41. The highest BCUT2D eigenvalue weighted by atomic mass is 32.1. The molecule has 0 unspecified atom stereocenters. The molecule has 0 amide bonds. The summed E-state index contributed by atoms with van der Waals surface area (Å²) in [6.45, 7) is 14.5. The van der Waals surface area contributed by atoms with Crippen molar-refractivity contribution in [2.45, 2.75) is 27.7 Å². The average Bonchev–Trinajstić information content (AvgIpc) is 1.99. The molecule has 0 aliphatic heterocycles. The van der Waals surface area contributed by atoms with Gasteiger partial charge in [0.05, 0.1) is 0 Å². The molecule has 0 aliphatic rings. The van der Waals surface area contributed by atoms with Crippen molar-refractivity contribution in [2.75, 3.05) is 6.26 Å². The first-order valence-corrected chi connectivity index (χ1v) is 4.31. The Morgan fingerprint density at radius 3 is 0.900 bits per heavy atom. The van der Waals surface area contributed by atoms with Crippen LogP contribution in [0.2, 0.25) is 0 Å². The van der Waals surface area contributed by atoms with Gasteiger partial charge in [-0.2, -0.15) is 12.6 Å². The van der Waals surface area contributed by atoms with Gasteiger partial charge in [0.25, 0.3) is 0 Å². The molecule has 0 aromatic rings. The third-order valence-corrected chi connectivity index (χ3v) is 0. The van der Waals surface area contributed by atoms with E-state index < -0.39 is 0 Å². The van der Waals surface area contributed by atoms with E-state index in [0.29, 0.717) is 0 Å². The largest absolute Gasteiger partial charge is 0.183 e. The zero-order valence-corrected chi connectivity index (χ0v) is 8.91. The van der Waals surface area contributed by atoms with Gasteiger partial charge in [-0.25, -0.2) is 0 Å². The highest BCUT2D eigenvalue weighted by molar-refractivity contribution is 7.79. The van der Waals surface area contributed by atoms with Crippen LogP contribution in [0, 0.1) is 0 Å². The average molecular weight is 162 g/mol. The van der Waals surface area contributed by atoms with E-state index in [2.05, 4.69) is 25.8 Å². The molecule has 0 radical (unpaired) electrons. The molecule has 0 N–H and O–H groups in total. The quantitative estimate of drug-likeness (QED) is 0.404. The smallest absolute Gasteiger partial charge is 0.0215 e. The predicted octanol–water partition coefficient (Wildman–Crippen LogP) is 3.96. The lowest BCUT2D eigenvalue weighted by Crippen LogP contribution is -1.07. The lowest BCUT2D eigenvalue weighted by Gasteiger charge is -1.31. The van der Waals surface area contributed by atoms with Crippen LogP contribution in [-0.4, -0.2) is 6.26 Å². The molecule has 0 fully saturated rings. The third kappa shape index (κ3) is 12600. The van der Waals surface area contributed by atoms with E-state index in [1.54, 1.807) is 18.4 Å². The van der Waals surface area contributed by atoms with Crippen molar-refractivity contribution in [3.05, 3.63) is 25.3 Å². The Morgan fingerprint density at radius 2 is 0.900 bits per heavy atom. The van der Waals surface area contributed by atoms with Crippen LogP contribution in [-0.2, 0) is 0 Å². The Labute approximate surface area is 72.5 Å². The molecule has 0 spiro atoms. The summed E-state index contributed by atoms with van der Waals surface area (Å²) < 4.78 is 0. The fraction of sp³-hybridized carbons (Fsp3) is 0.556. The van der Waals surface area contributed by atoms with Gasteiger partial charge in [-0.1, -0.05) is 26.0 Å². The maximum atomic E-state index is 3.53. The second-order valence-electron chi connectivity index (χ2n) is 0.816. The van der Waals surface area contributed by atoms with Gasteiger partial charge in [0.15, 0.2) is 0 Å². The molecular weight excluding hydrogens is 140 g/mol. The van der Waals surface area contributed by atoms with Crippen molar-refractivity contribution in [1.29, 1.82) is 0 Å². The first-order valence-electron chi connectivity index (χ1n) is 3.42. The summed E-state index contributed by atoms with van der Waals surface area (Å²) in [5, 5.41) is 0. The van der Waals surface area contributed by atoms with Crippen molar-refractivity contribution >= 4 is 12.6 Å². The predicted molar refractivity (Wildman–Crippen MR) is 58.0 cm³/mol. The number of hydrogen-bond donors (Lipinski definition) is 1. The summed E-state index contributed by atoms with van der Waals surface area (Å²) in [5.74, 6) is 0. The standard InChI is InChI=1S/2C3H6.C2H6.CH4S/c2*1-3-2;2*1-2/h2*3H,1H2,2H3;1-2H3;2H,1H3. The van der Waals surface area contributed by atoms with Crippen molar-refractivity contribution in [3.8, 4) is 0 Å². The summed E-state index contributed by atoms with van der Waals surface area (Å²) >= 11 is 3.53. The van der Waals surface area contributed by atoms with Crippen molar-refractivity contribution < 1.29 is 0 Å². The van der Waals surface area contributed by atoms with E-state index >= 15 is 0 Å². The minimum atomic E-state index is 1.69. The number of rotatable bonds is 0. The molecule has 1 heteroatoms. The van der Waals surface area contributed by atoms with Crippen LogP contribution in [0.1, 0.15) is 27.7 Å². The van der Waals surface area contributed by atoms with Crippen LogP contribution < -0.4 is 0 Å². The van der Waals surface area contributed by atoms with Gasteiger partial charge >= 0.3 is 0 Å². The van der Waals surface area contributed by atoms with Crippen LogP contribution in [0.4, 0.5) is 0 Å². The molecule has 0 aliphatic carbocycles. The normalized spacial score (nSPS) is 3.80. The minimum absolute atomic E-state index is 1.69. The molecule has 0 rings (SSSR count). The molecule has 0 atom stereocenters. The molecular formula is C9H22S. The van der Waals surface area contributed by atoms with Crippen molar-refractivity contribution in [2.24, 2.45) is 0 Å². The topological polar surface area (TPSA) is 0 Å². The summed E-state index contributed by atoms with van der Waals surface area (Å²) in [4.78, 5) is 0. The highest BCUT2D eigenvalue weighted by Gasteiger charge is 1.15. The fourth-order valence-corrected chi connectivity index (χ4v) is 0. The van der Waals surface area contributed by atoms with Crippen LogP contribution in [0.5, 0.6) is 0 Å². The van der Waals surface area contributed by atoms with Gasteiger partial charge < -0.3 is 0 Å². The second-order valence-corrected chi connectivity index (χ2v) is 0.816. The Bertz CT molecular complexity index is 25.7. The maximum absolute atomic E-state index is 3.53. The van der Waals surface area contributed by atoms with E-state index in [4.69, 9.17) is 0 Å². The van der Waals surface area contributed by atoms with Gasteiger partial charge in [0.1, 0.15) is 0 Å². The molecule has 0 aromatic carbocycles. The summed E-state index contributed by atoms with van der Waals surface area (Å²) in [7, 11) is 0. The Hall–Kier alpha value is -0.170. The second kappa shape index (κ2) is 162. The van der Waals surface area contributed by atoms with Gasteiger partial charge in [-0.3, -0.25) is 0 Å². The summed E-state index contributed by atoms with van der Waals surface area (Å²) in [6, 6.07) is 0. The van der Waals surface area contributed by atoms with E-state index in [1.165, 1.54) is 0 Å². The first-order chi connectivity index (χ1) is 4.83. The SMILES string of the molecule is C=CC.C=CC.CC.CS. The van der Waals surface area contributed by atoms with Crippen molar-refractivity contribution in [1.82, 2.24) is 0 Å². The number of thiol groups is 1. The van der Waals surface area contributed by atoms with Gasteiger partial charge in [0, 0.05) is 0 Å². The van der Waals surface area contributed by atoms with Crippen molar-refractivity contribution in [3.63, 3.8) is 0 Å². The van der Waals surface area contributed by atoms with Crippen LogP contribution in [0.25, 0.3) is 0 Å². The summed E-state index contributed by atoms with van der Waals surface area (Å²) in [5.41, 5.74) is 0. The van der Waals surface area contributed by atoms with Crippen LogP contribution >= 0.6 is 12.6 Å². The van der Waals surface area contributed by atoms with E-state index in [0.717, 1.165) is 0 Å². The minimum Gasteiger partial charge on any atom is -0.183 e. The Morgan fingerprint density at radius 1 is 0.900 bits per heavy atom. The molecule has 64 valence electrons. The van der Waals surface area contributed by atoms with Crippen LogP contribution in [0.3, 0.4) is 0 Å².